The SMILES string of the molecule is CCc1ccc(C(NC(=O)N(CC)CCO)C(C)(C)C)o1. The first kappa shape index (κ1) is 17.6. The van der Waals surface area contributed by atoms with E-state index < -0.39 is 0 Å². The molecule has 0 aromatic carbocycles. The highest BCUT2D eigenvalue weighted by molar-refractivity contribution is 5.74. The van der Waals surface area contributed by atoms with E-state index in [4.69, 9.17) is 9.52 Å². The topological polar surface area (TPSA) is 65.7 Å². The van der Waals surface area contributed by atoms with Crippen molar-refractivity contribution < 1.29 is 14.3 Å². The molecule has 0 saturated heterocycles. The van der Waals surface area contributed by atoms with Crippen molar-refractivity contribution in [2.45, 2.75) is 47.1 Å². The summed E-state index contributed by atoms with van der Waals surface area (Å²) in [6, 6.07) is 3.49. The summed E-state index contributed by atoms with van der Waals surface area (Å²) in [7, 11) is 0. The average molecular weight is 296 g/mol. The molecule has 0 aliphatic heterocycles. The molecule has 5 nitrogen and oxygen atoms in total. The lowest BCUT2D eigenvalue weighted by Crippen LogP contribution is -2.45. The highest BCUT2D eigenvalue weighted by Gasteiger charge is 2.31. The van der Waals surface area contributed by atoms with Gasteiger partial charge in [0.1, 0.15) is 11.5 Å². The smallest absolute Gasteiger partial charge is 0.318 e. The van der Waals surface area contributed by atoms with Crippen LogP contribution in [0.5, 0.6) is 0 Å². The number of nitrogens with zero attached hydrogens (tertiary/aromatic N) is 1. The molecule has 1 aromatic rings. The van der Waals surface area contributed by atoms with Gasteiger partial charge in [0.05, 0.1) is 12.6 Å². The Kier molecular flexibility index (Phi) is 6.27. The van der Waals surface area contributed by atoms with E-state index in [1.807, 2.05) is 26.0 Å². The molecular formula is C16H28N2O3. The number of carbonyl (C=O) groups excluding carboxylic acids is 1. The Morgan fingerprint density at radius 2 is 2.05 bits per heavy atom. The number of likely N-dealkylation sites (N-methyl/N-ethyl adjacent to an activating group) is 1. The van der Waals surface area contributed by atoms with E-state index in [0.717, 1.165) is 17.9 Å². The minimum Gasteiger partial charge on any atom is -0.464 e. The fourth-order valence-corrected chi connectivity index (χ4v) is 2.19. The van der Waals surface area contributed by atoms with Crippen molar-refractivity contribution in [1.82, 2.24) is 10.2 Å². The van der Waals surface area contributed by atoms with Crippen LogP contribution < -0.4 is 5.32 Å². The molecule has 1 unspecified atom stereocenters. The van der Waals surface area contributed by atoms with Crippen LogP contribution in [0.3, 0.4) is 0 Å². The van der Waals surface area contributed by atoms with Crippen molar-refractivity contribution in [3.05, 3.63) is 23.7 Å². The number of aliphatic hydroxyl groups excluding tert-OH is 1. The molecule has 1 atom stereocenters. The second-order valence-electron chi connectivity index (χ2n) is 6.21. The fraction of sp³-hybridized carbons (Fsp3) is 0.688. The molecule has 0 spiro atoms. The first-order valence-electron chi connectivity index (χ1n) is 7.58. The number of amides is 2. The molecular weight excluding hydrogens is 268 g/mol. The molecule has 0 aliphatic rings. The molecule has 5 heteroatoms. The minimum absolute atomic E-state index is 0.0395. The van der Waals surface area contributed by atoms with Crippen molar-refractivity contribution in [3.63, 3.8) is 0 Å². The Bertz CT molecular complexity index is 449. The van der Waals surface area contributed by atoms with Gasteiger partial charge in [-0.05, 0) is 24.5 Å². The Morgan fingerprint density at radius 3 is 2.48 bits per heavy atom. The lowest BCUT2D eigenvalue weighted by Gasteiger charge is -2.32. The standard InChI is InChI=1S/C16H28N2O3/c1-6-12-8-9-13(21-12)14(16(3,4)5)17-15(20)18(7-2)10-11-19/h8-9,14,19H,6-7,10-11H2,1-5H3,(H,17,20). The Labute approximate surface area is 127 Å². The van der Waals surface area contributed by atoms with Crippen molar-refractivity contribution in [1.29, 1.82) is 0 Å². The summed E-state index contributed by atoms with van der Waals surface area (Å²) < 4.78 is 5.81. The normalized spacial score (nSPS) is 13.0. The zero-order chi connectivity index (χ0) is 16.0. The third-order valence-corrected chi connectivity index (χ3v) is 3.49. The summed E-state index contributed by atoms with van der Waals surface area (Å²) >= 11 is 0. The van der Waals surface area contributed by atoms with Gasteiger partial charge >= 0.3 is 6.03 Å². The number of carbonyl (C=O) groups is 1. The summed E-state index contributed by atoms with van der Waals surface area (Å²) in [5.74, 6) is 1.68. The number of furan rings is 1. The molecule has 2 amide bonds. The zero-order valence-electron chi connectivity index (χ0n) is 13.8. The number of hydrogen-bond donors (Lipinski definition) is 2. The van der Waals surface area contributed by atoms with Crippen molar-refractivity contribution in [3.8, 4) is 0 Å². The summed E-state index contributed by atoms with van der Waals surface area (Å²) in [5.41, 5.74) is -0.169. The number of rotatable bonds is 6. The summed E-state index contributed by atoms with van der Waals surface area (Å²) in [6.07, 6.45) is 0.830. The molecule has 0 saturated carbocycles. The third-order valence-electron chi connectivity index (χ3n) is 3.49. The summed E-state index contributed by atoms with van der Waals surface area (Å²) in [6.45, 7) is 11.0. The minimum atomic E-state index is -0.210. The highest BCUT2D eigenvalue weighted by atomic mass is 16.3. The number of aliphatic hydroxyl groups is 1. The maximum absolute atomic E-state index is 12.3. The molecule has 0 aliphatic carbocycles. The maximum Gasteiger partial charge on any atom is 0.318 e. The predicted octanol–water partition coefficient (Wildman–Crippen LogP) is 2.95. The van der Waals surface area contributed by atoms with Gasteiger partial charge in [0, 0.05) is 19.5 Å². The second-order valence-corrected chi connectivity index (χ2v) is 6.21. The van der Waals surface area contributed by atoms with Crippen molar-refractivity contribution in [2.75, 3.05) is 19.7 Å². The number of hydrogen-bond acceptors (Lipinski definition) is 3. The molecule has 120 valence electrons. The van der Waals surface area contributed by atoms with Crippen LogP contribution in [0.4, 0.5) is 4.79 Å². The van der Waals surface area contributed by atoms with Crippen LogP contribution >= 0.6 is 0 Å². The molecule has 2 N–H and O–H groups in total. The highest BCUT2D eigenvalue weighted by Crippen LogP contribution is 2.34. The van der Waals surface area contributed by atoms with E-state index in [2.05, 4.69) is 26.1 Å². The lowest BCUT2D eigenvalue weighted by atomic mass is 9.85. The zero-order valence-corrected chi connectivity index (χ0v) is 13.8. The Morgan fingerprint density at radius 1 is 1.38 bits per heavy atom. The van der Waals surface area contributed by atoms with E-state index >= 15 is 0 Å². The summed E-state index contributed by atoms with van der Waals surface area (Å²) in [4.78, 5) is 13.9. The summed E-state index contributed by atoms with van der Waals surface area (Å²) in [5, 5.41) is 12.1. The largest absolute Gasteiger partial charge is 0.464 e. The lowest BCUT2D eigenvalue weighted by molar-refractivity contribution is 0.161. The van der Waals surface area contributed by atoms with Gasteiger partial charge in [-0.15, -0.1) is 0 Å². The molecule has 1 rings (SSSR count). The van der Waals surface area contributed by atoms with E-state index in [0.29, 0.717) is 13.1 Å². The van der Waals surface area contributed by atoms with E-state index in [1.54, 1.807) is 4.90 Å². The first-order valence-corrected chi connectivity index (χ1v) is 7.58. The quantitative estimate of drug-likeness (QED) is 0.848. The first-order chi connectivity index (χ1) is 9.83. The molecule has 21 heavy (non-hydrogen) atoms. The van der Waals surface area contributed by atoms with Gasteiger partial charge in [-0.2, -0.15) is 0 Å². The Hall–Kier alpha value is -1.49. The van der Waals surface area contributed by atoms with Crippen LogP contribution in [0.1, 0.15) is 52.2 Å². The molecule has 0 fully saturated rings. The van der Waals surface area contributed by atoms with Gasteiger partial charge in [-0.3, -0.25) is 0 Å². The van der Waals surface area contributed by atoms with Crippen LogP contribution in [0.15, 0.2) is 16.5 Å². The van der Waals surface area contributed by atoms with Crippen LogP contribution in [-0.4, -0.2) is 35.7 Å². The van der Waals surface area contributed by atoms with Gasteiger partial charge in [0.2, 0.25) is 0 Å². The number of urea groups is 1. The van der Waals surface area contributed by atoms with Gasteiger partial charge in [-0.1, -0.05) is 27.7 Å². The second kappa shape index (κ2) is 7.50. The van der Waals surface area contributed by atoms with Gasteiger partial charge in [0.25, 0.3) is 0 Å². The van der Waals surface area contributed by atoms with Crippen LogP contribution in [0.25, 0.3) is 0 Å². The molecule has 1 heterocycles. The van der Waals surface area contributed by atoms with Crippen molar-refractivity contribution in [2.24, 2.45) is 5.41 Å². The third kappa shape index (κ3) is 4.77. The molecule has 0 radical (unpaired) electrons. The Balaban J connectivity index is 2.91. The fourth-order valence-electron chi connectivity index (χ4n) is 2.19. The van der Waals surface area contributed by atoms with Gasteiger partial charge in [-0.25, -0.2) is 4.79 Å². The monoisotopic (exact) mass is 296 g/mol. The molecule has 1 aromatic heterocycles. The van der Waals surface area contributed by atoms with Crippen molar-refractivity contribution >= 4 is 6.03 Å². The average Bonchev–Trinajstić information content (AvgIpc) is 2.88. The van der Waals surface area contributed by atoms with Gasteiger partial charge < -0.3 is 19.7 Å². The van der Waals surface area contributed by atoms with Crippen LogP contribution in [0.2, 0.25) is 0 Å². The predicted molar refractivity (Wildman–Crippen MR) is 83.1 cm³/mol. The van der Waals surface area contributed by atoms with E-state index in [1.165, 1.54) is 0 Å². The van der Waals surface area contributed by atoms with Crippen LogP contribution in [-0.2, 0) is 6.42 Å². The van der Waals surface area contributed by atoms with E-state index in [-0.39, 0.29) is 24.1 Å². The number of aryl methyl sites for hydroxylation is 1. The maximum atomic E-state index is 12.3. The van der Waals surface area contributed by atoms with E-state index in [9.17, 15) is 4.79 Å². The number of nitrogens with one attached hydrogen (secondary N) is 1. The molecule has 0 bridgehead atoms. The van der Waals surface area contributed by atoms with Gasteiger partial charge in [0.15, 0.2) is 0 Å². The van der Waals surface area contributed by atoms with Crippen LogP contribution in [0, 0.1) is 5.41 Å².